The zero-order chi connectivity index (χ0) is 19.0. The van der Waals surface area contributed by atoms with E-state index >= 15 is 0 Å². The number of thiazole rings is 1. The summed E-state index contributed by atoms with van der Waals surface area (Å²) in [4.78, 5) is 20.3. The first-order chi connectivity index (χ1) is 13.1. The number of carbonyl (C=O) groups excluding carboxylic acids is 1. The van der Waals surface area contributed by atoms with Gasteiger partial charge in [-0.05, 0) is 26.0 Å². The minimum atomic E-state index is 0.138. The van der Waals surface area contributed by atoms with E-state index in [1.54, 1.807) is 18.4 Å². The van der Waals surface area contributed by atoms with Crippen molar-refractivity contribution >= 4 is 17.2 Å². The van der Waals surface area contributed by atoms with Crippen LogP contribution in [0.25, 0.3) is 11.3 Å². The van der Waals surface area contributed by atoms with E-state index in [1.807, 2.05) is 43.0 Å². The molecule has 140 valence electrons. The van der Waals surface area contributed by atoms with Gasteiger partial charge in [-0.3, -0.25) is 9.89 Å². The SMILES string of the molecule is COc1ccccc1-c1n[nH]c2c1CN(C(=O)Cc1sc(C)nc1C)CC2. The Kier molecular flexibility index (Phi) is 4.70. The van der Waals surface area contributed by atoms with Crippen molar-refractivity contribution in [1.29, 1.82) is 0 Å². The Hall–Kier alpha value is -2.67. The third kappa shape index (κ3) is 3.35. The molecule has 0 saturated heterocycles. The zero-order valence-electron chi connectivity index (χ0n) is 15.7. The number of para-hydroxylation sites is 1. The maximum Gasteiger partial charge on any atom is 0.228 e. The van der Waals surface area contributed by atoms with E-state index in [0.29, 0.717) is 19.5 Å². The molecule has 7 heteroatoms. The molecule has 2 aromatic heterocycles. The number of hydrogen-bond donors (Lipinski definition) is 1. The lowest BCUT2D eigenvalue weighted by atomic mass is 10.00. The predicted octanol–water partition coefficient (Wildman–Crippen LogP) is 3.29. The van der Waals surface area contributed by atoms with Gasteiger partial charge in [-0.25, -0.2) is 4.98 Å². The summed E-state index contributed by atoms with van der Waals surface area (Å²) >= 11 is 1.61. The van der Waals surface area contributed by atoms with Crippen molar-refractivity contribution in [3.05, 3.63) is 51.1 Å². The summed E-state index contributed by atoms with van der Waals surface area (Å²) in [5.74, 6) is 0.922. The molecule has 0 radical (unpaired) electrons. The third-order valence-corrected chi connectivity index (χ3v) is 6.03. The molecule has 27 heavy (non-hydrogen) atoms. The Balaban J connectivity index is 1.58. The van der Waals surface area contributed by atoms with Crippen LogP contribution in [0, 0.1) is 13.8 Å². The number of rotatable bonds is 4. The number of aryl methyl sites for hydroxylation is 2. The fourth-order valence-electron chi connectivity index (χ4n) is 3.56. The third-order valence-electron chi connectivity index (χ3n) is 4.96. The number of amides is 1. The van der Waals surface area contributed by atoms with Crippen molar-refractivity contribution in [1.82, 2.24) is 20.1 Å². The van der Waals surface area contributed by atoms with Crippen LogP contribution in [0.15, 0.2) is 24.3 Å². The highest BCUT2D eigenvalue weighted by molar-refractivity contribution is 7.11. The summed E-state index contributed by atoms with van der Waals surface area (Å²) in [6.45, 7) is 5.21. The summed E-state index contributed by atoms with van der Waals surface area (Å²) in [7, 11) is 1.66. The van der Waals surface area contributed by atoms with Crippen LogP contribution < -0.4 is 4.74 Å². The molecule has 1 amide bonds. The van der Waals surface area contributed by atoms with E-state index in [1.165, 1.54) is 0 Å². The fourth-order valence-corrected chi connectivity index (χ4v) is 4.49. The van der Waals surface area contributed by atoms with Crippen molar-refractivity contribution in [3.63, 3.8) is 0 Å². The van der Waals surface area contributed by atoms with Crippen LogP contribution in [0.2, 0.25) is 0 Å². The Morgan fingerprint density at radius 2 is 2.15 bits per heavy atom. The number of carbonyl (C=O) groups is 1. The summed E-state index contributed by atoms with van der Waals surface area (Å²) in [6.07, 6.45) is 1.19. The molecule has 1 aliphatic rings. The molecule has 0 unspecified atom stereocenters. The molecular weight excluding hydrogens is 360 g/mol. The van der Waals surface area contributed by atoms with Gasteiger partial charge < -0.3 is 9.64 Å². The number of methoxy groups -OCH3 is 1. The lowest BCUT2D eigenvalue weighted by molar-refractivity contribution is -0.131. The van der Waals surface area contributed by atoms with Crippen molar-refractivity contribution < 1.29 is 9.53 Å². The van der Waals surface area contributed by atoms with Crippen molar-refractivity contribution in [2.45, 2.75) is 33.2 Å². The van der Waals surface area contributed by atoms with Crippen LogP contribution in [0.5, 0.6) is 5.75 Å². The summed E-state index contributed by atoms with van der Waals surface area (Å²) < 4.78 is 5.49. The number of fused-ring (bicyclic) bond motifs is 1. The molecule has 3 aromatic rings. The van der Waals surface area contributed by atoms with Gasteiger partial charge in [0.05, 0.1) is 24.2 Å². The van der Waals surface area contributed by atoms with Gasteiger partial charge in [-0.2, -0.15) is 5.10 Å². The second-order valence-corrected chi connectivity index (χ2v) is 8.00. The molecular formula is C20H22N4O2S. The number of aromatic nitrogens is 3. The molecule has 3 heterocycles. The maximum absolute atomic E-state index is 12.9. The monoisotopic (exact) mass is 382 g/mol. The van der Waals surface area contributed by atoms with Crippen LogP contribution in [0.1, 0.15) is 26.8 Å². The maximum atomic E-state index is 12.9. The van der Waals surface area contributed by atoms with Gasteiger partial charge in [0.25, 0.3) is 0 Å². The molecule has 0 atom stereocenters. The Labute approximate surface area is 162 Å². The first kappa shape index (κ1) is 17.7. The van der Waals surface area contributed by atoms with Crippen molar-refractivity contribution in [3.8, 4) is 17.0 Å². The summed E-state index contributed by atoms with van der Waals surface area (Å²) in [5.41, 5.74) is 4.95. The number of H-pyrrole nitrogens is 1. The van der Waals surface area contributed by atoms with Gasteiger partial charge in [-0.1, -0.05) is 12.1 Å². The van der Waals surface area contributed by atoms with Gasteiger partial charge in [0.15, 0.2) is 0 Å². The van der Waals surface area contributed by atoms with Crippen molar-refractivity contribution in [2.24, 2.45) is 0 Å². The van der Waals surface area contributed by atoms with Gasteiger partial charge >= 0.3 is 0 Å². The lowest BCUT2D eigenvalue weighted by Crippen LogP contribution is -2.36. The van der Waals surface area contributed by atoms with E-state index in [9.17, 15) is 4.79 Å². The summed E-state index contributed by atoms with van der Waals surface area (Å²) in [6, 6.07) is 7.84. The molecule has 0 saturated carbocycles. The van der Waals surface area contributed by atoms with Gasteiger partial charge in [0.2, 0.25) is 5.91 Å². The highest BCUT2D eigenvalue weighted by atomic mass is 32.1. The minimum absolute atomic E-state index is 0.138. The standard InChI is InChI=1S/C20H22N4O2S/c1-12-18(27-13(2)21-12)10-19(25)24-9-8-16-15(11-24)20(23-22-16)14-6-4-5-7-17(14)26-3/h4-7H,8-11H2,1-3H3,(H,22,23). The quantitative estimate of drug-likeness (QED) is 0.752. The van der Waals surface area contributed by atoms with Crippen molar-refractivity contribution in [2.75, 3.05) is 13.7 Å². The predicted molar refractivity (Wildman–Crippen MR) is 105 cm³/mol. The number of aromatic amines is 1. The van der Waals surface area contributed by atoms with E-state index in [2.05, 4.69) is 15.2 Å². The molecule has 0 bridgehead atoms. The Bertz CT molecular complexity index is 992. The highest BCUT2D eigenvalue weighted by Gasteiger charge is 2.27. The molecule has 0 spiro atoms. The Morgan fingerprint density at radius 1 is 1.33 bits per heavy atom. The average Bonchev–Trinajstić information content (AvgIpc) is 3.23. The van der Waals surface area contributed by atoms with E-state index in [0.717, 1.165) is 50.3 Å². The molecule has 1 N–H and O–H groups in total. The number of nitrogens with one attached hydrogen (secondary N) is 1. The van der Waals surface area contributed by atoms with Crippen LogP contribution in [0.3, 0.4) is 0 Å². The minimum Gasteiger partial charge on any atom is -0.496 e. The van der Waals surface area contributed by atoms with Gasteiger partial charge in [-0.15, -0.1) is 11.3 Å². The van der Waals surface area contributed by atoms with Crippen LogP contribution >= 0.6 is 11.3 Å². The molecule has 1 aromatic carbocycles. The molecule has 0 aliphatic carbocycles. The number of hydrogen-bond acceptors (Lipinski definition) is 5. The second kappa shape index (κ2) is 7.15. The number of nitrogens with zero attached hydrogens (tertiary/aromatic N) is 3. The van der Waals surface area contributed by atoms with Gasteiger partial charge in [0, 0.05) is 41.2 Å². The first-order valence-electron chi connectivity index (χ1n) is 8.97. The van der Waals surface area contributed by atoms with Crippen LogP contribution in [-0.4, -0.2) is 39.6 Å². The fraction of sp³-hybridized carbons (Fsp3) is 0.350. The van der Waals surface area contributed by atoms with Crippen LogP contribution in [-0.2, 0) is 24.2 Å². The van der Waals surface area contributed by atoms with Gasteiger partial charge in [0.1, 0.15) is 11.4 Å². The largest absolute Gasteiger partial charge is 0.496 e. The highest BCUT2D eigenvalue weighted by Crippen LogP contribution is 2.34. The van der Waals surface area contributed by atoms with Crippen LogP contribution in [0.4, 0.5) is 0 Å². The normalized spacial score (nSPS) is 13.5. The molecule has 0 fully saturated rings. The first-order valence-corrected chi connectivity index (χ1v) is 9.78. The molecule has 6 nitrogen and oxygen atoms in total. The second-order valence-electron chi connectivity index (χ2n) is 6.71. The molecule has 1 aliphatic heterocycles. The van der Waals surface area contributed by atoms with E-state index < -0.39 is 0 Å². The summed E-state index contributed by atoms with van der Waals surface area (Å²) in [5, 5.41) is 8.67. The average molecular weight is 382 g/mol. The molecule has 4 rings (SSSR count). The Morgan fingerprint density at radius 3 is 2.89 bits per heavy atom. The number of ether oxygens (including phenoxy) is 1. The number of benzene rings is 1. The van der Waals surface area contributed by atoms with E-state index in [-0.39, 0.29) is 5.91 Å². The smallest absolute Gasteiger partial charge is 0.228 e. The zero-order valence-corrected chi connectivity index (χ0v) is 16.5. The lowest BCUT2D eigenvalue weighted by Gasteiger charge is -2.27. The topological polar surface area (TPSA) is 71.1 Å². The van der Waals surface area contributed by atoms with E-state index in [4.69, 9.17) is 4.74 Å².